The molecule has 2 unspecified atom stereocenters. The zero-order valence-corrected chi connectivity index (χ0v) is 39.1. The third-order valence-corrected chi connectivity index (χ3v) is 15.1. The second-order valence-electron chi connectivity index (χ2n) is 18.7. The van der Waals surface area contributed by atoms with Crippen LogP contribution >= 0.6 is 0 Å². The second-order valence-corrected chi connectivity index (χ2v) is 18.7. The van der Waals surface area contributed by atoms with E-state index in [2.05, 4.69) is 274 Å². The van der Waals surface area contributed by atoms with Crippen molar-refractivity contribution in [2.24, 2.45) is 0 Å². The molecule has 0 saturated carbocycles. The molecule has 0 fully saturated rings. The zero-order chi connectivity index (χ0) is 46.4. The van der Waals surface area contributed by atoms with Crippen LogP contribution in [0.5, 0.6) is 5.75 Å². The van der Waals surface area contributed by atoms with Crippen molar-refractivity contribution in [1.29, 1.82) is 0 Å². The third-order valence-electron chi connectivity index (χ3n) is 15.1. The first kappa shape index (κ1) is 42.2. The Morgan fingerprint density at radius 3 is 1.25 bits per heavy atom. The minimum atomic E-state index is -0.606. The maximum atomic E-state index is 6.48. The minimum Gasteiger partial charge on any atom is -0.489 e. The van der Waals surface area contributed by atoms with E-state index in [1.54, 1.807) is 0 Å². The number of fused-ring (bicyclic) bond motifs is 6. The van der Waals surface area contributed by atoms with Crippen LogP contribution in [-0.2, 0) is 17.4 Å². The van der Waals surface area contributed by atoms with Gasteiger partial charge >= 0.3 is 0 Å². The number of rotatable bonds is 12. The van der Waals surface area contributed by atoms with Crippen LogP contribution in [0.2, 0.25) is 0 Å². The maximum Gasteiger partial charge on any atom is 0.119 e. The van der Waals surface area contributed by atoms with Gasteiger partial charge in [-0.25, -0.2) is 0 Å². The van der Waals surface area contributed by atoms with E-state index in [0.29, 0.717) is 12.5 Å². The van der Waals surface area contributed by atoms with E-state index in [9.17, 15) is 0 Å². The van der Waals surface area contributed by atoms with Crippen LogP contribution in [0.25, 0.3) is 22.3 Å². The topological polar surface area (TPSA) is 12.5 Å². The fraction of sp³-hybridized carbons (Fsp3) is 0.104. The van der Waals surface area contributed by atoms with E-state index < -0.39 is 10.8 Å². The van der Waals surface area contributed by atoms with Crippen LogP contribution in [0, 0.1) is 0 Å². The molecule has 0 N–H and O–H groups in total. The molecule has 0 aliphatic heterocycles. The van der Waals surface area contributed by atoms with Gasteiger partial charge in [-0.15, -0.1) is 0 Å². The Kier molecular flexibility index (Phi) is 10.7. The molecule has 2 heteroatoms. The van der Waals surface area contributed by atoms with Crippen molar-refractivity contribution in [3.05, 3.63) is 310 Å². The maximum absolute atomic E-state index is 6.48. The standard InChI is InChI=1S/C67H53NO/c1-3-47(2)49-34-32-48(33-35-49)46-69-57-40-36-53(37-41-57)67(52-24-12-6-13-25-52)63-31-19-17-29-59(63)61-43-39-56(45-65(61)67)68(54-26-14-7-15-27-54)55-38-42-60-58-28-16-18-30-62(58)66(64(60)44-55,50-20-8-4-9-21-50)51-22-10-5-11-23-51/h4-45,47H,3,46H2,1-2H3. The van der Waals surface area contributed by atoms with Gasteiger partial charge in [-0.1, -0.05) is 220 Å². The number of anilines is 3. The van der Waals surface area contributed by atoms with Crippen molar-refractivity contribution in [3.63, 3.8) is 0 Å². The lowest BCUT2D eigenvalue weighted by Gasteiger charge is -2.36. The highest BCUT2D eigenvalue weighted by Crippen LogP contribution is 2.59. The number of para-hydroxylation sites is 1. The summed E-state index contributed by atoms with van der Waals surface area (Å²) >= 11 is 0. The van der Waals surface area contributed by atoms with E-state index >= 15 is 0 Å². The molecule has 332 valence electrons. The van der Waals surface area contributed by atoms with Gasteiger partial charge in [0.05, 0.1) is 10.8 Å². The lowest BCUT2D eigenvalue weighted by atomic mass is 9.67. The Bertz CT molecular complexity index is 3380. The molecule has 2 aliphatic rings. The predicted octanol–water partition coefficient (Wildman–Crippen LogP) is 17.0. The molecular weight excluding hydrogens is 835 g/mol. The average Bonchev–Trinajstić information content (AvgIpc) is 3.89. The van der Waals surface area contributed by atoms with Gasteiger partial charge in [-0.05, 0) is 139 Å². The largest absolute Gasteiger partial charge is 0.489 e. The van der Waals surface area contributed by atoms with Gasteiger partial charge in [0.15, 0.2) is 0 Å². The summed E-state index contributed by atoms with van der Waals surface area (Å²) in [6.45, 7) is 5.04. The number of hydrogen-bond donors (Lipinski definition) is 0. The van der Waals surface area contributed by atoms with Gasteiger partial charge in [0.1, 0.15) is 12.4 Å². The Labute approximate surface area is 406 Å². The number of nitrogens with zero attached hydrogens (tertiary/aromatic N) is 1. The van der Waals surface area contributed by atoms with Crippen LogP contribution in [0.1, 0.15) is 81.8 Å². The Hall–Kier alpha value is -8.20. The Morgan fingerprint density at radius 1 is 0.377 bits per heavy atom. The molecular formula is C67H53NO. The molecule has 0 amide bonds. The summed E-state index contributed by atoms with van der Waals surface area (Å²) in [6.07, 6.45) is 1.13. The highest BCUT2D eigenvalue weighted by molar-refractivity contribution is 5.92. The third kappa shape index (κ3) is 6.85. The van der Waals surface area contributed by atoms with E-state index in [0.717, 1.165) is 29.2 Å². The first-order valence-corrected chi connectivity index (χ1v) is 24.4. The summed E-state index contributed by atoms with van der Waals surface area (Å²) in [5.41, 5.74) is 19.7. The lowest BCUT2D eigenvalue weighted by molar-refractivity contribution is 0.306. The van der Waals surface area contributed by atoms with Gasteiger partial charge in [-0.2, -0.15) is 0 Å². The fourth-order valence-electron chi connectivity index (χ4n) is 11.6. The number of benzene rings is 10. The van der Waals surface area contributed by atoms with E-state index in [-0.39, 0.29) is 0 Å². The summed E-state index contributed by atoms with van der Waals surface area (Å²) in [4.78, 5) is 2.45. The van der Waals surface area contributed by atoms with Crippen LogP contribution in [-0.4, -0.2) is 0 Å². The van der Waals surface area contributed by atoms with E-state index in [1.165, 1.54) is 77.9 Å². The van der Waals surface area contributed by atoms with Crippen LogP contribution in [0.4, 0.5) is 17.1 Å². The average molecular weight is 888 g/mol. The van der Waals surface area contributed by atoms with E-state index in [1.807, 2.05) is 0 Å². The molecule has 2 aliphatic carbocycles. The van der Waals surface area contributed by atoms with Gasteiger partial charge in [-0.3, -0.25) is 0 Å². The molecule has 0 spiro atoms. The van der Waals surface area contributed by atoms with Gasteiger partial charge in [0, 0.05) is 17.1 Å². The normalized spacial score (nSPS) is 15.3. The molecule has 12 rings (SSSR count). The van der Waals surface area contributed by atoms with Crippen molar-refractivity contribution in [1.82, 2.24) is 0 Å². The summed E-state index contributed by atoms with van der Waals surface area (Å²) in [7, 11) is 0. The van der Waals surface area contributed by atoms with Crippen LogP contribution in [0.15, 0.2) is 255 Å². The van der Waals surface area contributed by atoms with Crippen molar-refractivity contribution >= 4 is 17.1 Å². The highest BCUT2D eigenvalue weighted by Gasteiger charge is 2.48. The van der Waals surface area contributed by atoms with Crippen LogP contribution in [0.3, 0.4) is 0 Å². The minimum absolute atomic E-state index is 0.515. The van der Waals surface area contributed by atoms with Gasteiger partial charge < -0.3 is 9.64 Å². The zero-order valence-electron chi connectivity index (χ0n) is 39.1. The summed E-state index contributed by atoms with van der Waals surface area (Å²) in [5, 5.41) is 0. The molecule has 0 heterocycles. The number of ether oxygens (including phenoxy) is 1. The molecule has 0 radical (unpaired) electrons. The Morgan fingerprint density at radius 2 is 0.783 bits per heavy atom. The Balaban J connectivity index is 1.02. The smallest absolute Gasteiger partial charge is 0.119 e. The first-order chi connectivity index (χ1) is 34.1. The highest BCUT2D eigenvalue weighted by atomic mass is 16.5. The predicted molar refractivity (Wildman–Crippen MR) is 285 cm³/mol. The summed E-state index contributed by atoms with van der Waals surface area (Å²) < 4.78 is 6.48. The summed E-state index contributed by atoms with van der Waals surface area (Å²) in [6, 6.07) is 94.1. The molecule has 2 nitrogen and oxygen atoms in total. The van der Waals surface area contributed by atoms with Crippen molar-refractivity contribution < 1.29 is 4.74 Å². The number of hydrogen-bond acceptors (Lipinski definition) is 2. The summed E-state index contributed by atoms with van der Waals surface area (Å²) in [5.74, 6) is 1.40. The molecule has 0 bridgehead atoms. The van der Waals surface area contributed by atoms with E-state index in [4.69, 9.17) is 4.74 Å². The second kappa shape index (κ2) is 17.5. The molecule has 2 atom stereocenters. The molecule has 0 saturated heterocycles. The molecule has 10 aromatic carbocycles. The molecule has 10 aromatic rings. The van der Waals surface area contributed by atoms with Gasteiger partial charge in [0.25, 0.3) is 0 Å². The van der Waals surface area contributed by atoms with Crippen molar-refractivity contribution in [2.75, 3.05) is 4.90 Å². The first-order valence-electron chi connectivity index (χ1n) is 24.4. The SMILES string of the molecule is CCC(C)c1ccc(COc2ccc(C3(c4ccccc4)c4ccccc4-c4ccc(N(c5ccccc5)c5ccc6c(c5)C(c5ccccc5)(c5ccccc5)c5ccccc5-6)cc43)cc2)cc1. The van der Waals surface area contributed by atoms with Crippen molar-refractivity contribution in [3.8, 4) is 28.0 Å². The fourth-order valence-corrected chi connectivity index (χ4v) is 11.6. The quantitative estimate of drug-likeness (QED) is 0.121. The van der Waals surface area contributed by atoms with Gasteiger partial charge in [0.2, 0.25) is 0 Å². The molecule has 0 aromatic heterocycles. The molecule has 69 heavy (non-hydrogen) atoms. The monoisotopic (exact) mass is 887 g/mol. The van der Waals surface area contributed by atoms with Crippen LogP contribution < -0.4 is 9.64 Å². The van der Waals surface area contributed by atoms with Crippen molar-refractivity contribution in [2.45, 2.75) is 43.6 Å². The lowest BCUT2D eigenvalue weighted by Crippen LogP contribution is -2.29.